The Bertz CT molecular complexity index is 132. The molecule has 0 aromatic heterocycles. The molecule has 72 valence electrons. The van der Waals surface area contributed by atoms with Gasteiger partial charge in [0, 0.05) is 7.11 Å². The minimum Gasteiger partial charge on any atom is -0.444 e. The smallest absolute Gasteiger partial charge is 0.404 e. The second kappa shape index (κ2) is 7.60. The molecule has 0 unspecified atom stereocenters. The molecule has 1 atom stereocenters. The lowest BCUT2D eigenvalue weighted by Crippen LogP contribution is -2.26. The number of hydrogen-bond donors (Lipinski definition) is 1. The van der Waals surface area contributed by atoms with Crippen LogP contribution in [0, 0.1) is 0 Å². The molecule has 0 fully saturated rings. The van der Waals surface area contributed by atoms with E-state index in [2.05, 4.69) is 22.6 Å². The number of ether oxygens (including phenoxy) is 2. The number of hydrogen-bond acceptors (Lipinski definition) is 3. The van der Waals surface area contributed by atoms with Gasteiger partial charge in [0.05, 0.1) is 6.61 Å². The molecular formula is C7H14INO3. The van der Waals surface area contributed by atoms with Crippen LogP contribution in [0.4, 0.5) is 4.79 Å². The van der Waals surface area contributed by atoms with Gasteiger partial charge in [-0.2, -0.15) is 0 Å². The molecule has 0 bridgehead atoms. The summed E-state index contributed by atoms with van der Waals surface area (Å²) >= 11 is 2.27. The van der Waals surface area contributed by atoms with Gasteiger partial charge in [-0.15, -0.1) is 0 Å². The van der Waals surface area contributed by atoms with Crippen molar-refractivity contribution in [3.63, 3.8) is 0 Å². The molecule has 0 heterocycles. The van der Waals surface area contributed by atoms with Crippen LogP contribution < -0.4 is 5.73 Å². The number of primary amides is 1. The number of halogens is 1. The molecule has 4 nitrogen and oxygen atoms in total. The fraction of sp³-hybridized carbons (Fsp3) is 0.857. The first-order valence-electron chi connectivity index (χ1n) is 3.71. The van der Waals surface area contributed by atoms with Crippen LogP contribution in [-0.4, -0.2) is 30.3 Å². The van der Waals surface area contributed by atoms with E-state index in [-0.39, 0.29) is 6.10 Å². The fourth-order valence-corrected chi connectivity index (χ4v) is 1.27. The predicted molar refractivity (Wildman–Crippen MR) is 54.5 cm³/mol. The Kier molecular flexibility index (Phi) is 7.58. The highest BCUT2D eigenvalue weighted by Crippen LogP contribution is 2.04. The maximum atomic E-state index is 10.4. The standard InChI is InChI=1S/C7H14INO3/c1-11-5-6(3-2-4-8)12-7(9)10/h6H,2-5H2,1H3,(H2,9,10)/t6-/m1/s1. The molecule has 0 aromatic carbocycles. The second-order valence-corrected chi connectivity index (χ2v) is 3.42. The van der Waals surface area contributed by atoms with E-state index in [9.17, 15) is 4.79 Å². The second-order valence-electron chi connectivity index (χ2n) is 2.35. The molecule has 0 saturated carbocycles. The third-order valence-electron chi connectivity index (χ3n) is 1.30. The van der Waals surface area contributed by atoms with E-state index in [0.29, 0.717) is 6.61 Å². The van der Waals surface area contributed by atoms with Crippen LogP contribution in [0.3, 0.4) is 0 Å². The third kappa shape index (κ3) is 6.66. The zero-order valence-corrected chi connectivity index (χ0v) is 9.24. The number of nitrogens with two attached hydrogens (primary N) is 1. The van der Waals surface area contributed by atoms with E-state index < -0.39 is 6.09 Å². The van der Waals surface area contributed by atoms with E-state index in [1.165, 1.54) is 0 Å². The van der Waals surface area contributed by atoms with E-state index in [4.69, 9.17) is 15.2 Å². The van der Waals surface area contributed by atoms with Crippen LogP contribution in [-0.2, 0) is 9.47 Å². The fourth-order valence-electron chi connectivity index (χ4n) is 0.831. The number of carbonyl (C=O) groups is 1. The molecular weight excluding hydrogens is 273 g/mol. The Morgan fingerprint density at radius 2 is 2.33 bits per heavy atom. The molecule has 12 heavy (non-hydrogen) atoms. The summed E-state index contributed by atoms with van der Waals surface area (Å²) < 4.78 is 10.7. The van der Waals surface area contributed by atoms with Gasteiger partial charge in [0.25, 0.3) is 0 Å². The Balaban J connectivity index is 3.61. The summed E-state index contributed by atoms with van der Waals surface area (Å²) in [7, 11) is 1.57. The van der Waals surface area contributed by atoms with E-state index in [1.54, 1.807) is 7.11 Å². The lowest BCUT2D eigenvalue weighted by atomic mass is 10.2. The van der Waals surface area contributed by atoms with Crippen molar-refractivity contribution in [1.82, 2.24) is 0 Å². The van der Waals surface area contributed by atoms with Crippen molar-refractivity contribution >= 4 is 28.7 Å². The highest BCUT2D eigenvalue weighted by atomic mass is 127. The van der Waals surface area contributed by atoms with Crippen molar-refractivity contribution in [3.8, 4) is 0 Å². The molecule has 0 aliphatic rings. The van der Waals surface area contributed by atoms with Gasteiger partial charge in [-0.25, -0.2) is 4.79 Å². The van der Waals surface area contributed by atoms with Crippen LogP contribution in [0.5, 0.6) is 0 Å². The van der Waals surface area contributed by atoms with Crippen molar-refractivity contribution in [2.45, 2.75) is 18.9 Å². The zero-order valence-electron chi connectivity index (χ0n) is 7.09. The monoisotopic (exact) mass is 287 g/mol. The summed E-state index contributed by atoms with van der Waals surface area (Å²) in [6.45, 7) is 0.416. The number of alkyl halides is 1. The van der Waals surface area contributed by atoms with Crippen LogP contribution in [0.25, 0.3) is 0 Å². The first-order chi connectivity index (χ1) is 5.70. The first-order valence-corrected chi connectivity index (χ1v) is 5.24. The number of rotatable bonds is 6. The van der Waals surface area contributed by atoms with Crippen LogP contribution in [0.1, 0.15) is 12.8 Å². The molecule has 1 amide bonds. The van der Waals surface area contributed by atoms with Gasteiger partial charge in [-0.3, -0.25) is 0 Å². The van der Waals surface area contributed by atoms with Crippen molar-refractivity contribution in [2.24, 2.45) is 5.73 Å². The largest absolute Gasteiger partial charge is 0.444 e. The minimum atomic E-state index is -0.731. The summed E-state index contributed by atoms with van der Waals surface area (Å²) in [5.74, 6) is 0. The molecule has 0 radical (unpaired) electrons. The Morgan fingerprint density at radius 1 is 1.67 bits per heavy atom. The number of amides is 1. The summed E-state index contributed by atoms with van der Waals surface area (Å²) in [5.41, 5.74) is 4.88. The topological polar surface area (TPSA) is 61.6 Å². The van der Waals surface area contributed by atoms with E-state index in [0.717, 1.165) is 17.3 Å². The minimum absolute atomic E-state index is 0.192. The molecule has 0 saturated heterocycles. The van der Waals surface area contributed by atoms with Gasteiger partial charge in [-0.05, 0) is 17.3 Å². The van der Waals surface area contributed by atoms with Crippen LogP contribution in [0.2, 0.25) is 0 Å². The highest BCUT2D eigenvalue weighted by Gasteiger charge is 2.10. The predicted octanol–water partition coefficient (Wildman–Crippen LogP) is 1.31. The van der Waals surface area contributed by atoms with Crippen molar-refractivity contribution in [2.75, 3.05) is 18.1 Å². The van der Waals surface area contributed by atoms with Crippen LogP contribution >= 0.6 is 22.6 Å². The molecule has 0 aromatic rings. The maximum Gasteiger partial charge on any atom is 0.404 e. The first kappa shape index (κ1) is 12.0. The average molecular weight is 287 g/mol. The van der Waals surface area contributed by atoms with Crippen molar-refractivity contribution < 1.29 is 14.3 Å². The summed E-state index contributed by atoms with van der Waals surface area (Å²) in [6.07, 6.45) is 0.884. The van der Waals surface area contributed by atoms with Gasteiger partial charge in [0.15, 0.2) is 0 Å². The SMILES string of the molecule is COC[C@@H](CCCI)OC(N)=O. The van der Waals surface area contributed by atoms with Gasteiger partial charge < -0.3 is 15.2 Å². The van der Waals surface area contributed by atoms with Gasteiger partial charge >= 0.3 is 6.09 Å². The summed E-state index contributed by atoms with van der Waals surface area (Å²) in [6, 6.07) is 0. The van der Waals surface area contributed by atoms with Gasteiger partial charge in [-0.1, -0.05) is 22.6 Å². The quantitative estimate of drug-likeness (QED) is 0.592. The average Bonchev–Trinajstić information content (AvgIpc) is 2.00. The number of carbonyl (C=O) groups excluding carboxylic acids is 1. The third-order valence-corrected chi connectivity index (χ3v) is 2.06. The Morgan fingerprint density at radius 3 is 2.75 bits per heavy atom. The van der Waals surface area contributed by atoms with Gasteiger partial charge in [0.1, 0.15) is 6.10 Å². The molecule has 2 N–H and O–H groups in total. The zero-order chi connectivity index (χ0) is 9.40. The lowest BCUT2D eigenvalue weighted by molar-refractivity contribution is 0.0394. The molecule has 0 aliphatic carbocycles. The Labute approximate surface area is 85.9 Å². The van der Waals surface area contributed by atoms with Crippen molar-refractivity contribution in [3.05, 3.63) is 0 Å². The van der Waals surface area contributed by atoms with Crippen molar-refractivity contribution in [1.29, 1.82) is 0 Å². The Hall–Kier alpha value is -0.0400. The summed E-state index contributed by atoms with van der Waals surface area (Å²) in [4.78, 5) is 10.4. The summed E-state index contributed by atoms with van der Waals surface area (Å²) in [5, 5.41) is 0. The molecule has 0 aliphatic heterocycles. The maximum absolute atomic E-state index is 10.4. The van der Waals surface area contributed by atoms with E-state index >= 15 is 0 Å². The highest BCUT2D eigenvalue weighted by molar-refractivity contribution is 14.1. The van der Waals surface area contributed by atoms with Gasteiger partial charge in [0.2, 0.25) is 0 Å². The molecule has 5 heteroatoms. The molecule has 0 rings (SSSR count). The molecule has 0 spiro atoms. The lowest BCUT2D eigenvalue weighted by Gasteiger charge is -2.14. The normalized spacial score (nSPS) is 12.5. The number of methoxy groups -OCH3 is 1. The van der Waals surface area contributed by atoms with E-state index in [1.807, 2.05) is 0 Å². The van der Waals surface area contributed by atoms with Crippen LogP contribution in [0.15, 0.2) is 0 Å².